The standard InChI is InChI=1S/C16H22BrFN4O/c17-12-1-2-15(14(18)9-12)20-16(23)11-21-5-7-22(8-6-21)13-3-4-19-10-13/h1-2,9,13,19H,3-8,10-11H2,(H,20,23). The highest BCUT2D eigenvalue weighted by atomic mass is 79.9. The maximum atomic E-state index is 13.7. The molecular formula is C16H22BrFN4O. The van der Waals surface area contributed by atoms with E-state index in [-0.39, 0.29) is 11.6 Å². The van der Waals surface area contributed by atoms with Gasteiger partial charge in [0, 0.05) is 43.2 Å². The molecule has 1 amide bonds. The Bertz CT molecular complexity index is 557. The molecule has 23 heavy (non-hydrogen) atoms. The van der Waals surface area contributed by atoms with Crippen molar-refractivity contribution in [2.75, 3.05) is 51.1 Å². The van der Waals surface area contributed by atoms with Gasteiger partial charge in [-0.2, -0.15) is 0 Å². The molecule has 5 nitrogen and oxygen atoms in total. The van der Waals surface area contributed by atoms with E-state index in [2.05, 4.69) is 36.4 Å². The van der Waals surface area contributed by atoms with Crippen molar-refractivity contribution in [2.24, 2.45) is 0 Å². The Morgan fingerprint density at radius 3 is 2.78 bits per heavy atom. The number of hydrogen-bond donors (Lipinski definition) is 2. The molecule has 0 radical (unpaired) electrons. The van der Waals surface area contributed by atoms with Crippen LogP contribution < -0.4 is 10.6 Å². The third-order valence-corrected chi connectivity index (χ3v) is 5.02. The molecule has 1 aromatic carbocycles. The normalized spacial score (nSPS) is 23.1. The molecule has 2 heterocycles. The quantitative estimate of drug-likeness (QED) is 0.825. The van der Waals surface area contributed by atoms with Gasteiger partial charge in [0.15, 0.2) is 0 Å². The number of nitrogens with zero attached hydrogens (tertiary/aromatic N) is 2. The predicted octanol–water partition coefficient (Wildman–Crippen LogP) is 1.51. The second-order valence-corrected chi connectivity index (χ2v) is 7.05. The maximum Gasteiger partial charge on any atom is 0.238 e. The fourth-order valence-corrected chi connectivity index (χ4v) is 3.55. The first-order valence-electron chi connectivity index (χ1n) is 8.04. The number of halogens is 2. The van der Waals surface area contributed by atoms with E-state index in [1.54, 1.807) is 12.1 Å². The zero-order valence-electron chi connectivity index (χ0n) is 13.0. The number of nitrogens with one attached hydrogen (secondary N) is 2. The molecule has 2 aliphatic heterocycles. The summed E-state index contributed by atoms with van der Waals surface area (Å²) in [5, 5.41) is 6.04. The van der Waals surface area contributed by atoms with Crippen LogP contribution >= 0.6 is 15.9 Å². The van der Waals surface area contributed by atoms with Gasteiger partial charge in [-0.15, -0.1) is 0 Å². The highest BCUT2D eigenvalue weighted by Gasteiger charge is 2.26. The molecule has 2 saturated heterocycles. The molecule has 0 aromatic heterocycles. The molecule has 126 valence electrons. The number of hydrogen-bond acceptors (Lipinski definition) is 4. The molecule has 3 rings (SSSR count). The van der Waals surface area contributed by atoms with E-state index in [1.807, 2.05) is 0 Å². The van der Waals surface area contributed by atoms with Gasteiger partial charge in [0.25, 0.3) is 0 Å². The third kappa shape index (κ3) is 4.50. The summed E-state index contributed by atoms with van der Waals surface area (Å²) in [6.07, 6.45) is 1.21. The van der Waals surface area contributed by atoms with Crippen molar-refractivity contribution in [1.82, 2.24) is 15.1 Å². The molecule has 0 bridgehead atoms. The van der Waals surface area contributed by atoms with Crippen LogP contribution in [0.15, 0.2) is 22.7 Å². The number of anilines is 1. The maximum absolute atomic E-state index is 13.7. The predicted molar refractivity (Wildman–Crippen MR) is 92.0 cm³/mol. The molecule has 1 unspecified atom stereocenters. The zero-order chi connectivity index (χ0) is 16.2. The van der Waals surface area contributed by atoms with Gasteiger partial charge in [-0.3, -0.25) is 14.6 Å². The number of amides is 1. The molecular weight excluding hydrogens is 363 g/mol. The SMILES string of the molecule is O=C(CN1CCN(C2CCNC2)CC1)Nc1ccc(Br)cc1F. The van der Waals surface area contributed by atoms with Crippen LogP contribution in [0.25, 0.3) is 0 Å². The minimum absolute atomic E-state index is 0.165. The highest BCUT2D eigenvalue weighted by molar-refractivity contribution is 9.10. The molecule has 0 aliphatic carbocycles. The summed E-state index contributed by atoms with van der Waals surface area (Å²) in [6.45, 7) is 6.24. The fraction of sp³-hybridized carbons (Fsp3) is 0.562. The van der Waals surface area contributed by atoms with E-state index in [4.69, 9.17) is 0 Å². The van der Waals surface area contributed by atoms with Crippen LogP contribution in [0.2, 0.25) is 0 Å². The highest BCUT2D eigenvalue weighted by Crippen LogP contribution is 2.19. The number of rotatable bonds is 4. The summed E-state index contributed by atoms with van der Waals surface area (Å²) in [5.41, 5.74) is 0.230. The van der Waals surface area contributed by atoms with Crippen LogP contribution in [0.5, 0.6) is 0 Å². The van der Waals surface area contributed by atoms with Crippen LogP contribution in [-0.2, 0) is 4.79 Å². The molecule has 2 aliphatic rings. The van der Waals surface area contributed by atoms with Crippen LogP contribution in [0, 0.1) is 5.82 Å². The summed E-state index contributed by atoms with van der Waals surface area (Å²) in [4.78, 5) is 16.7. The lowest BCUT2D eigenvalue weighted by Crippen LogP contribution is -2.52. The Balaban J connectivity index is 1.45. The summed E-state index contributed by atoms with van der Waals surface area (Å²) in [5.74, 6) is -0.589. The molecule has 1 atom stereocenters. The van der Waals surface area contributed by atoms with Crippen molar-refractivity contribution in [2.45, 2.75) is 12.5 Å². The second kappa shape index (κ2) is 7.70. The zero-order valence-corrected chi connectivity index (χ0v) is 14.6. The lowest BCUT2D eigenvalue weighted by atomic mass is 10.2. The van der Waals surface area contributed by atoms with E-state index in [0.29, 0.717) is 17.1 Å². The first-order chi connectivity index (χ1) is 11.1. The largest absolute Gasteiger partial charge is 0.322 e. The van der Waals surface area contributed by atoms with E-state index in [9.17, 15) is 9.18 Å². The molecule has 0 spiro atoms. The molecule has 2 fully saturated rings. The van der Waals surface area contributed by atoms with E-state index in [1.165, 1.54) is 12.5 Å². The lowest BCUT2D eigenvalue weighted by molar-refractivity contribution is -0.117. The van der Waals surface area contributed by atoms with Gasteiger partial charge in [0.1, 0.15) is 5.82 Å². The smallest absolute Gasteiger partial charge is 0.238 e. The van der Waals surface area contributed by atoms with Gasteiger partial charge in [-0.25, -0.2) is 4.39 Å². The van der Waals surface area contributed by atoms with Crippen molar-refractivity contribution in [3.63, 3.8) is 0 Å². The van der Waals surface area contributed by atoms with Crippen molar-refractivity contribution in [3.8, 4) is 0 Å². The Kier molecular flexibility index (Phi) is 5.63. The van der Waals surface area contributed by atoms with Crippen molar-refractivity contribution < 1.29 is 9.18 Å². The monoisotopic (exact) mass is 384 g/mol. The average Bonchev–Trinajstić information content (AvgIpc) is 3.05. The van der Waals surface area contributed by atoms with E-state index in [0.717, 1.165) is 39.3 Å². The van der Waals surface area contributed by atoms with Gasteiger partial charge in [0.2, 0.25) is 5.91 Å². The van der Waals surface area contributed by atoms with Gasteiger partial charge in [0.05, 0.1) is 12.2 Å². The van der Waals surface area contributed by atoms with Gasteiger partial charge in [-0.1, -0.05) is 15.9 Å². The minimum atomic E-state index is -0.425. The Morgan fingerprint density at radius 2 is 2.13 bits per heavy atom. The first kappa shape index (κ1) is 16.8. The van der Waals surface area contributed by atoms with Crippen LogP contribution in [0.1, 0.15) is 6.42 Å². The summed E-state index contributed by atoms with van der Waals surface area (Å²) < 4.78 is 14.4. The number of piperazine rings is 1. The molecule has 0 saturated carbocycles. The van der Waals surface area contributed by atoms with Gasteiger partial charge >= 0.3 is 0 Å². The summed E-state index contributed by atoms with van der Waals surface area (Å²) in [7, 11) is 0. The Labute approximate surface area is 144 Å². The van der Waals surface area contributed by atoms with E-state index >= 15 is 0 Å². The number of benzene rings is 1. The van der Waals surface area contributed by atoms with Crippen molar-refractivity contribution >= 4 is 27.5 Å². The average molecular weight is 385 g/mol. The van der Waals surface area contributed by atoms with Crippen molar-refractivity contribution in [3.05, 3.63) is 28.5 Å². The third-order valence-electron chi connectivity index (χ3n) is 4.53. The van der Waals surface area contributed by atoms with Crippen molar-refractivity contribution in [1.29, 1.82) is 0 Å². The lowest BCUT2D eigenvalue weighted by Gasteiger charge is -2.37. The van der Waals surface area contributed by atoms with Crippen LogP contribution in [-0.4, -0.2) is 67.6 Å². The second-order valence-electron chi connectivity index (χ2n) is 6.13. The van der Waals surface area contributed by atoms with Crippen LogP contribution in [0.4, 0.5) is 10.1 Å². The molecule has 2 N–H and O–H groups in total. The summed E-state index contributed by atoms with van der Waals surface area (Å²) in [6, 6.07) is 5.28. The van der Waals surface area contributed by atoms with Gasteiger partial charge < -0.3 is 10.6 Å². The van der Waals surface area contributed by atoms with Crippen LogP contribution in [0.3, 0.4) is 0 Å². The van der Waals surface area contributed by atoms with E-state index < -0.39 is 5.82 Å². The minimum Gasteiger partial charge on any atom is -0.322 e. The fourth-order valence-electron chi connectivity index (χ4n) is 3.22. The molecule has 1 aromatic rings. The Hall–Kier alpha value is -1.02. The number of carbonyl (C=O) groups excluding carboxylic acids is 1. The topological polar surface area (TPSA) is 47.6 Å². The first-order valence-corrected chi connectivity index (χ1v) is 8.83. The Morgan fingerprint density at radius 1 is 1.35 bits per heavy atom. The summed E-state index contributed by atoms with van der Waals surface area (Å²) >= 11 is 3.21. The number of carbonyl (C=O) groups is 1. The molecule has 7 heteroatoms. The van der Waals surface area contributed by atoms with Gasteiger partial charge in [-0.05, 0) is 31.2 Å².